The Bertz CT molecular complexity index is 1070. The lowest BCUT2D eigenvalue weighted by Crippen LogP contribution is -2.56. The van der Waals surface area contributed by atoms with E-state index in [2.05, 4.69) is 0 Å². The van der Waals surface area contributed by atoms with Crippen molar-refractivity contribution in [3.63, 3.8) is 0 Å². The molecule has 144 valence electrons. The van der Waals surface area contributed by atoms with Crippen molar-refractivity contribution in [2.75, 3.05) is 20.2 Å². The van der Waals surface area contributed by atoms with Crippen LogP contribution in [0.15, 0.2) is 70.9 Å². The second kappa shape index (κ2) is 7.41. The van der Waals surface area contributed by atoms with Crippen LogP contribution >= 0.6 is 11.3 Å². The first-order valence-corrected chi connectivity index (χ1v) is 11.2. The quantitative estimate of drug-likeness (QED) is 0.640. The summed E-state index contributed by atoms with van der Waals surface area (Å²) in [4.78, 5) is 15.6. The summed E-state index contributed by atoms with van der Waals surface area (Å²) in [5.74, 6) is 0.467. The summed E-state index contributed by atoms with van der Waals surface area (Å²) in [7, 11) is -1.93. The van der Waals surface area contributed by atoms with E-state index in [0.717, 1.165) is 10.4 Å². The molecule has 0 saturated carbocycles. The Kier molecular flexibility index (Phi) is 4.95. The Balaban J connectivity index is 1.42. The fourth-order valence-electron chi connectivity index (χ4n) is 3.16. The van der Waals surface area contributed by atoms with Gasteiger partial charge in [-0.3, -0.25) is 4.79 Å². The standard InChI is InChI=1S/C21H19NO4S2/c1-26-17-8-10-18(11-9-17)28(24,25)19-13-22(14-19)21(23)16-6-4-15(5-7-16)20-3-2-12-27-20/h2-12,19H,13-14H2,1H3. The van der Waals surface area contributed by atoms with Crippen LogP contribution < -0.4 is 4.74 Å². The molecule has 1 amide bonds. The Labute approximate surface area is 168 Å². The number of rotatable bonds is 5. The number of amides is 1. The van der Waals surface area contributed by atoms with Crippen molar-refractivity contribution in [1.82, 2.24) is 4.90 Å². The van der Waals surface area contributed by atoms with E-state index in [1.165, 1.54) is 7.11 Å². The van der Waals surface area contributed by atoms with E-state index in [-0.39, 0.29) is 23.9 Å². The molecule has 2 aromatic carbocycles. The predicted octanol–water partition coefficient (Wildman–Crippen LogP) is 3.72. The molecule has 0 N–H and O–H groups in total. The van der Waals surface area contributed by atoms with Crippen molar-refractivity contribution in [3.05, 3.63) is 71.6 Å². The number of hydrogen-bond acceptors (Lipinski definition) is 5. The lowest BCUT2D eigenvalue weighted by atomic mass is 10.1. The fraction of sp³-hybridized carbons (Fsp3) is 0.190. The Morgan fingerprint density at radius 2 is 1.71 bits per heavy atom. The molecule has 0 spiro atoms. The van der Waals surface area contributed by atoms with E-state index in [4.69, 9.17) is 4.74 Å². The number of benzene rings is 2. The molecule has 0 radical (unpaired) electrons. The van der Waals surface area contributed by atoms with Crippen LogP contribution in [0.25, 0.3) is 10.4 Å². The summed E-state index contributed by atoms with van der Waals surface area (Å²) < 4.78 is 30.5. The second-order valence-electron chi connectivity index (χ2n) is 6.61. The molecule has 0 unspecified atom stereocenters. The molecule has 28 heavy (non-hydrogen) atoms. The molecule has 5 nitrogen and oxygen atoms in total. The van der Waals surface area contributed by atoms with E-state index < -0.39 is 15.1 Å². The summed E-state index contributed by atoms with van der Waals surface area (Å²) in [6.45, 7) is 0.416. The molecule has 0 aliphatic carbocycles. The summed E-state index contributed by atoms with van der Waals surface area (Å²) >= 11 is 1.65. The number of nitrogens with zero attached hydrogens (tertiary/aromatic N) is 1. The molecular weight excluding hydrogens is 394 g/mol. The van der Waals surface area contributed by atoms with E-state index >= 15 is 0 Å². The van der Waals surface area contributed by atoms with Crippen molar-refractivity contribution in [2.24, 2.45) is 0 Å². The number of hydrogen-bond donors (Lipinski definition) is 0. The second-order valence-corrected chi connectivity index (χ2v) is 9.78. The first-order valence-electron chi connectivity index (χ1n) is 8.80. The van der Waals surface area contributed by atoms with Crippen LogP contribution in [-0.4, -0.2) is 44.7 Å². The normalized spacial score (nSPS) is 14.5. The maximum atomic E-state index is 12.7. The van der Waals surface area contributed by atoms with Crippen LogP contribution in [0.1, 0.15) is 10.4 Å². The van der Waals surface area contributed by atoms with Crippen LogP contribution in [0.4, 0.5) is 0 Å². The molecule has 2 heterocycles. The van der Waals surface area contributed by atoms with Crippen LogP contribution in [0.3, 0.4) is 0 Å². The highest BCUT2D eigenvalue weighted by molar-refractivity contribution is 7.92. The lowest BCUT2D eigenvalue weighted by molar-refractivity contribution is 0.0659. The minimum atomic E-state index is -3.46. The highest BCUT2D eigenvalue weighted by Crippen LogP contribution is 2.28. The van der Waals surface area contributed by atoms with E-state index in [9.17, 15) is 13.2 Å². The molecule has 1 fully saturated rings. The van der Waals surface area contributed by atoms with Gasteiger partial charge in [-0.2, -0.15) is 0 Å². The van der Waals surface area contributed by atoms with Gasteiger partial charge in [0.2, 0.25) is 0 Å². The van der Waals surface area contributed by atoms with Crippen molar-refractivity contribution in [2.45, 2.75) is 10.1 Å². The van der Waals surface area contributed by atoms with Gasteiger partial charge >= 0.3 is 0 Å². The maximum absolute atomic E-state index is 12.7. The zero-order valence-corrected chi connectivity index (χ0v) is 16.9. The van der Waals surface area contributed by atoms with E-state index in [1.807, 2.05) is 29.6 Å². The van der Waals surface area contributed by atoms with Gasteiger partial charge in [-0.1, -0.05) is 18.2 Å². The molecule has 1 saturated heterocycles. The average Bonchev–Trinajstić information content (AvgIpc) is 3.21. The smallest absolute Gasteiger partial charge is 0.253 e. The van der Waals surface area contributed by atoms with Crippen LogP contribution in [0.2, 0.25) is 0 Å². The molecule has 4 rings (SSSR count). The largest absolute Gasteiger partial charge is 0.497 e. The van der Waals surface area contributed by atoms with Gasteiger partial charge in [-0.05, 0) is 53.4 Å². The van der Waals surface area contributed by atoms with Crippen molar-refractivity contribution in [3.8, 4) is 16.2 Å². The highest BCUT2D eigenvalue weighted by atomic mass is 32.2. The Morgan fingerprint density at radius 1 is 1.04 bits per heavy atom. The molecular formula is C21H19NO4S2. The number of thiophene rings is 1. The van der Waals surface area contributed by atoms with Crippen molar-refractivity contribution >= 4 is 27.1 Å². The number of ether oxygens (including phenoxy) is 1. The monoisotopic (exact) mass is 413 g/mol. The summed E-state index contributed by atoms with van der Waals surface area (Å²) in [6.07, 6.45) is 0. The highest BCUT2D eigenvalue weighted by Gasteiger charge is 2.40. The van der Waals surface area contributed by atoms with Gasteiger partial charge in [-0.15, -0.1) is 11.3 Å². The molecule has 1 aliphatic heterocycles. The third-order valence-corrected chi connectivity index (χ3v) is 7.92. The zero-order valence-electron chi connectivity index (χ0n) is 15.2. The average molecular weight is 414 g/mol. The fourth-order valence-corrected chi connectivity index (χ4v) is 5.55. The Morgan fingerprint density at radius 3 is 2.29 bits per heavy atom. The molecule has 1 aliphatic rings. The minimum absolute atomic E-state index is 0.140. The van der Waals surface area contributed by atoms with Gasteiger partial charge in [0.1, 0.15) is 11.0 Å². The number of likely N-dealkylation sites (tertiary alicyclic amines) is 1. The van der Waals surface area contributed by atoms with Gasteiger partial charge in [-0.25, -0.2) is 8.42 Å². The van der Waals surface area contributed by atoms with Crippen LogP contribution in [-0.2, 0) is 9.84 Å². The zero-order chi connectivity index (χ0) is 19.7. The first-order chi connectivity index (χ1) is 13.5. The van der Waals surface area contributed by atoms with Crippen molar-refractivity contribution in [1.29, 1.82) is 0 Å². The molecule has 1 aromatic heterocycles. The van der Waals surface area contributed by atoms with Gasteiger partial charge < -0.3 is 9.64 Å². The maximum Gasteiger partial charge on any atom is 0.253 e. The van der Waals surface area contributed by atoms with Gasteiger partial charge in [0, 0.05) is 23.5 Å². The molecule has 0 bridgehead atoms. The predicted molar refractivity (Wildman–Crippen MR) is 110 cm³/mol. The lowest BCUT2D eigenvalue weighted by Gasteiger charge is -2.38. The van der Waals surface area contributed by atoms with E-state index in [1.54, 1.807) is 52.6 Å². The van der Waals surface area contributed by atoms with Crippen molar-refractivity contribution < 1.29 is 17.9 Å². The number of carbonyl (C=O) groups is 1. The molecule has 0 atom stereocenters. The van der Waals surface area contributed by atoms with Gasteiger partial charge in [0.05, 0.1) is 12.0 Å². The number of carbonyl (C=O) groups excluding carboxylic acids is 1. The number of methoxy groups -OCH3 is 1. The Hall–Kier alpha value is -2.64. The first kappa shape index (κ1) is 18.7. The third kappa shape index (κ3) is 3.43. The van der Waals surface area contributed by atoms with Gasteiger partial charge in [0.15, 0.2) is 9.84 Å². The minimum Gasteiger partial charge on any atom is -0.497 e. The van der Waals surface area contributed by atoms with Gasteiger partial charge in [0.25, 0.3) is 5.91 Å². The third-order valence-electron chi connectivity index (χ3n) is 4.90. The number of sulfone groups is 1. The summed E-state index contributed by atoms with van der Waals surface area (Å²) in [5.41, 5.74) is 1.63. The summed E-state index contributed by atoms with van der Waals surface area (Å²) in [6, 6.07) is 17.8. The molecule has 7 heteroatoms. The summed E-state index contributed by atoms with van der Waals surface area (Å²) in [5, 5.41) is 1.44. The topological polar surface area (TPSA) is 63.7 Å². The van der Waals surface area contributed by atoms with E-state index in [0.29, 0.717) is 11.3 Å². The van der Waals surface area contributed by atoms with Crippen LogP contribution in [0.5, 0.6) is 5.75 Å². The SMILES string of the molecule is COc1ccc(S(=O)(=O)C2CN(C(=O)c3ccc(-c4cccs4)cc3)C2)cc1. The molecule has 3 aromatic rings. The van der Waals surface area contributed by atoms with Crippen LogP contribution in [0, 0.1) is 0 Å².